The first-order valence-corrected chi connectivity index (χ1v) is 8.89. The van der Waals surface area contributed by atoms with Gasteiger partial charge >= 0.3 is 0 Å². The molecule has 2 aromatic carbocycles. The summed E-state index contributed by atoms with van der Waals surface area (Å²) in [5.41, 5.74) is 0.380. The Morgan fingerprint density at radius 2 is 0.786 bits per heavy atom. The molecule has 122 valence electrons. The zero-order valence-electron chi connectivity index (χ0n) is 17.1. The average Bonchev–Trinajstić information content (AvgIpc) is 2.44. The van der Waals surface area contributed by atoms with Crippen LogP contribution in [0.1, 0.15) is 11.1 Å². The fourth-order valence-electron chi connectivity index (χ4n) is 1.89. The van der Waals surface area contributed by atoms with E-state index in [9.17, 15) is 16.8 Å². The van der Waals surface area contributed by atoms with Gasteiger partial charge < -0.3 is 0 Å². The predicted molar refractivity (Wildman–Crippen MR) is 116 cm³/mol. The van der Waals surface area contributed by atoms with Gasteiger partial charge in [0.15, 0.2) is 0 Å². The van der Waals surface area contributed by atoms with E-state index in [0.717, 1.165) is 0 Å². The molecule has 0 aromatic heterocycles. The molecule has 0 saturated carbocycles. The average molecular weight is 478 g/mol. The van der Waals surface area contributed by atoms with Crippen LogP contribution in [0.2, 0.25) is 0 Å². The molecule has 0 unspecified atom stereocenters. The summed E-state index contributed by atoms with van der Waals surface area (Å²) in [5.74, 6) is 0. The van der Waals surface area contributed by atoms with Crippen LogP contribution in [-0.4, -0.2) is 203 Å². The van der Waals surface area contributed by atoms with Gasteiger partial charge in [0.05, 0.1) is 0 Å². The van der Waals surface area contributed by atoms with Gasteiger partial charge in [0.25, 0.3) is 20.2 Å². The third-order valence-electron chi connectivity index (χ3n) is 2.84. The van der Waals surface area contributed by atoms with Gasteiger partial charge in [-0.2, -0.15) is 16.8 Å². The van der Waals surface area contributed by atoms with Gasteiger partial charge in [-0.1, -0.05) is 48.6 Å². The molecule has 0 aliphatic carbocycles. The van der Waals surface area contributed by atoms with Crippen LogP contribution >= 0.6 is 0 Å². The molecule has 0 spiro atoms. The van der Waals surface area contributed by atoms with Crippen molar-refractivity contribution < 1.29 is 25.9 Å². The summed E-state index contributed by atoms with van der Waals surface area (Å²) in [4.78, 5) is -0.592. The van der Waals surface area contributed by atoms with Crippen LogP contribution < -0.4 is 0 Å². The molecule has 0 aliphatic heterocycles. The topological polar surface area (TPSA) is 109 Å². The monoisotopic (exact) mass is 478 g/mol. The zero-order chi connectivity index (χ0) is 16.4. The van der Waals surface area contributed by atoms with Crippen LogP contribution in [0.3, 0.4) is 0 Å². The van der Waals surface area contributed by atoms with E-state index in [1.54, 1.807) is 12.1 Å². The molecule has 14 heteroatoms. The molecular weight excluding hydrogens is 466 g/mol. The van der Waals surface area contributed by atoms with Gasteiger partial charge in [-0.15, -0.1) is 0 Å². The normalized spacial score (nSPS) is 9.93. The molecule has 28 heavy (non-hydrogen) atoms. The van der Waals surface area contributed by atoms with E-state index < -0.39 is 20.2 Å². The Bertz CT molecular complexity index is 871. The van der Waals surface area contributed by atoms with Gasteiger partial charge in [-0.05, 0) is 23.3 Å². The number of benzene rings is 2. The first-order valence-electron chi connectivity index (χ1n) is 6.01. The second-order valence-corrected chi connectivity index (χ2v) is 7.14. The fourth-order valence-corrected chi connectivity index (χ4v) is 3.25. The predicted octanol–water partition coefficient (Wildman–Crippen LogP) is 0.0656. The SMILES string of the molecule is O=S(=O)(O)c1ccccc1C=Cc1ccccc1S(=O)(=O)O.[Na].[Na].[Na].[Na].[Na].[Na]. The quantitative estimate of drug-likeness (QED) is 0.366. The van der Waals surface area contributed by atoms with Crippen LogP contribution in [0.15, 0.2) is 58.3 Å². The van der Waals surface area contributed by atoms with E-state index in [1.165, 1.54) is 48.6 Å². The summed E-state index contributed by atoms with van der Waals surface area (Å²) in [6.07, 6.45) is 2.68. The Morgan fingerprint density at radius 1 is 0.536 bits per heavy atom. The van der Waals surface area contributed by atoms with Crippen molar-refractivity contribution in [1.82, 2.24) is 0 Å². The summed E-state index contributed by atoms with van der Waals surface area (Å²) in [6.45, 7) is 0. The Labute approximate surface area is 298 Å². The summed E-state index contributed by atoms with van der Waals surface area (Å²) < 4.78 is 63.4. The van der Waals surface area contributed by atoms with Gasteiger partial charge in [0.1, 0.15) is 9.79 Å². The van der Waals surface area contributed by atoms with Crippen molar-refractivity contribution in [3.63, 3.8) is 0 Å². The maximum absolute atomic E-state index is 11.3. The third-order valence-corrected chi connectivity index (χ3v) is 4.69. The zero-order valence-corrected chi connectivity index (χ0v) is 30.8. The number of hydrogen-bond donors (Lipinski definition) is 2. The Hall–Kier alpha value is 4.00. The van der Waals surface area contributed by atoms with E-state index in [0.29, 0.717) is 0 Å². The van der Waals surface area contributed by atoms with Gasteiger partial charge in [-0.3, -0.25) is 9.11 Å². The van der Waals surface area contributed by atoms with Crippen molar-refractivity contribution in [2.24, 2.45) is 0 Å². The summed E-state index contributed by atoms with van der Waals surface area (Å²) in [7, 11) is -8.79. The van der Waals surface area contributed by atoms with Crippen molar-refractivity contribution in [3.8, 4) is 0 Å². The summed E-state index contributed by atoms with van der Waals surface area (Å²) in [5, 5.41) is 0. The second kappa shape index (κ2) is 19.3. The Balaban J connectivity index is -0.000000294. The van der Waals surface area contributed by atoms with Gasteiger partial charge in [0, 0.05) is 177 Å². The molecular formula is C14H12Na6O6S2. The minimum Gasteiger partial charge on any atom is -0.282 e. The van der Waals surface area contributed by atoms with Crippen molar-refractivity contribution in [1.29, 1.82) is 0 Å². The van der Waals surface area contributed by atoms with Crippen LogP contribution in [0.4, 0.5) is 0 Å². The van der Waals surface area contributed by atoms with Crippen molar-refractivity contribution in [2.45, 2.75) is 9.79 Å². The third kappa shape index (κ3) is 13.6. The molecule has 6 radical (unpaired) electrons. The molecule has 6 nitrogen and oxygen atoms in total. The van der Waals surface area contributed by atoms with Crippen LogP contribution in [0.5, 0.6) is 0 Å². The fraction of sp³-hybridized carbons (Fsp3) is 0. The molecule has 0 fully saturated rings. The van der Waals surface area contributed by atoms with E-state index in [-0.39, 0.29) is 198 Å². The molecule has 0 amide bonds. The Morgan fingerprint density at radius 3 is 1.04 bits per heavy atom. The number of hydrogen-bond acceptors (Lipinski definition) is 4. The Kier molecular flexibility index (Phi) is 29.1. The maximum atomic E-state index is 11.3. The first kappa shape index (κ1) is 42.2. The van der Waals surface area contributed by atoms with Crippen LogP contribution in [0, 0.1) is 0 Å². The summed E-state index contributed by atoms with van der Waals surface area (Å²) in [6, 6.07) is 11.4. The standard InChI is InChI=1S/C14H12O6S2.6Na/c15-21(16,17)13-7-3-1-5-11(13)9-10-12-6-2-4-8-14(12)22(18,19)20;;;;;;/h1-10H,(H,15,16,17)(H,18,19,20);;;;;;. The minimum absolute atomic E-state index is 0. The second-order valence-electron chi connectivity index (χ2n) is 4.36. The largest absolute Gasteiger partial charge is 0.295 e. The van der Waals surface area contributed by atoms with Crippen molar-refractivity contribution in [2.75, 3.05) is 0 Å². The van der Waals surface area contributed by atoms with Gasteiger partial charge in [0.2, 0.25) is 0 Å². The molecule has 0 heterocycles. The first-order chi connectivity index (χ1) is 10.2. The van der Waals surface area contributed by atoms with E-state index in [2.05, 4.69) is 0 Å². The van der Waals surface area contributed by atoms with Crippen molar-refractivity contribution in [3.05, 3.63) is 59.7 Å². The molecule has 0 aliphatic rings. The van der Waals surface area contributed by atoms with Crippen LogP contribution in [-0.2, 0) is 20.2 Å². The number of rotatable bonds is 4. The molecule has 0 bridgehead atoms. The van der Waals surface area contributed by atoms with E-state index in [1.807, 2.05) is 0 Å². The molecule has 2 aromatic rings. The molecule has 0 saturated heterocycles. The van der Waals surface area contributed by atoms with E-state index in [4.69, 9.17) is 9.11 Å². The van der Waals surface area contributed by atoms with Crippen molar-refractivity contribution >= 4 is 210 Å². The van der Waals surface area contributed by atoms with Gasteiger partial charge in [-0.25, -0.2) is 0 Å². The van der Waals surface area contributed by atoms with Crippen LogP contribution in [0.25, 0.3) is 12.2 Å². The maximum Gasteiger partial charge on any atom is 0.295 e. The molecule has 2 N–H and O–H groups in total. The molecule has 2 rings (SSSR count). The smallest absolute Gasteiger partial charge is 0.282 e. The minimum atomic E-state index is -4.40. The molecule has 0 atom stereocenters. The van der Waals surface area contributed by atoms with E-state index >= 15 is 0 Å². The summed E-state index contributed by atoms with van der Waals surface area (Å²) >= 11 is 0.